The largest absolute Gasteiger partial charge is 0.319 e. The molecular formula is C19H14N2OS. The van der Waals surface area contributed by atoms with Crippen LogP contribution in [0.5, 0.6) is 0 Å². The molecule has 0 radical (unpaired) electrons. The van der Waals surface area contributed by atoms with Crippen molar-refractivity contribution in [2.75, 3.05) is 0 Å². The topological polar surface area (TPSA) is 34.4 Å². The number of hydrogen-bond donors (Lipinski definition) is 0. The van der Waals surface area contributed by atoms with Crippen molar-refractivity contribution >= 4 is 38.2 Å². The van der Waals surface area contributed by atoms with Crippen LogP contribution in [0.2, 0.25) is 0 Å². The molecule has 112 valence electrons. The number of benzene rings is 3. The Morgan fingerprint density at radius 3 is 2.52 bits per heavy atom. The highest BCUT2D eigenvalue weighted by atomic mass is 32.1. The van der Waals surface area contributed by atoms with Crippen molar-refractivity contribution in [2.45, 2.75) is 0 Å². The third kappa shape index (κ3) is 2.37. The van der Waals surface area contributed by atoms with Crippen LogP contribution in [0.25, 0.3) is 21.0 Å². The molecule has 0 aliphatic rings. The minimum Gasteiger partial charge on any atom is -0.319 e. The van der Waals surface area contributed by atoms with Crippen molar-refractivity contribution in [3.05, 3.63) is 77.1 Å². The highest BCUT2D eigenvalue weighted by Gasteiger charge is 2.09. The second kappa shape index (κ2) is 5.48. The Hall–Kier alpha value is -2.72. The number of carbonyl (C=O) groups excluding carboxylic acids is 1. The molecule has 0 atom stereocenters. The van der Waals surface area contributed by atoms with Gasteiger partial charge in [-0.25, -0.2) is 0 Å². The Labute approximate surface area is 137 Å². The molecule has 0 spiro atoms. The number of fused-ring (bicyclic) bond motifs is 3. The fourth-order valence-electron chi connectivity index (χ4n) is 2.70. The summed E-state index contributed by atoms with van der Waals surface area (Å²) in [5.41, 5.74) is 1.70. The first kappa shape index (κ1) is 13.9. The van der Waals surface area contributed by atoms with Crippen LogP contribution in [-0.4, -0.2) is 10.5 Å². The Balaban J connectivity index is 1.94. The van der Waals surface area contributed by atoms with E-state index >= 15 is 0 Å². The Kier molecular flexibility index (Phi) is 3.32. The average Bonchev–Trinajstić information content (AvgIpc) is 2.92. The van der Waals surface area contributed by atoms with Crippen LogP contribution in [0.15, 0.2) is 71.7 Å². The first-order valence-corrected chi connectivity index (χ1v) is 8.17. The molecule has 1 amide bonds. The first-order valence-electron chi connectivity index (χ1n) is 7.35. The van der Waals surface area contributed by atoms with E-state index in [1.54, 1.807) is 23.5 Å². The number of amides is 1. The normalized spacial score (nSPS) is 12.1. The maximum atomic E-state index is 12.3. The summed E-state index contributed by atoms with van der Waals surface area (Å²) in [6.45, 7) is 0. The molecule has 0 fully saturated rings. The van der Waals surface area contributed by atoms with Gasteiger partial charge in [-0.3, -0.25) is 4.79 Å². The zero-order valence-corrected chi connectivity index (χ0v) is 13.4. The van der Waals surface area contributed by atoms with Crippen LogP contribution >= 0.6 is 11.3 Å². The molecular weight excluding hydrogens is 304 g/mol. The molecule has 3 nitrogen and oxygen atoms in total. The van der Waals surface area contributed by atoms with Gasteiger partial charge in [0.25, 0.3) is 5.91 Å². The van der Waals surface area contributed by atoms with Crippen LogP contribution < -0.4 is 4.80 Å². The average molecular weight is 318 g/mol. The molecule has 0 aliphatic carbocycles. The summed E-state index contributed by atoms with van der Waals surface area (Å²) in [5, 5.41) is 2.39. The lowest BCUT2D eigenvalue weighted by Gasteiger charge is -1.99. The van der Waals surface area contributed by atoms with Crippen LogP contribution in [0, 0.1) is 0 Å². The summed E-state index contributed by atoms with van der Waals surface area (Å²) in [4.78, 5) is 17.4. The molecule has 0 bridgehead atoms. The summed E-state index contributed by atoms with van der Waals surface area (Å²) in [6.07, 6.45) is 0. The van der Waals surface area contributed by atoms with Gasteiger partial charge in [-0.15, -0.1) is 0 Å². The molecule has 0 saturated carbocycles. The highest BCUT2D eigenvalue weighted by molar-refractivity contribution is 7.17. The van der Waals surface area contributed by atoms with Crippen molar-refractivity contribution < 1.29 is 4.79 Å². The molecule has 1 heterocycles. The minimum absolute atomic E-state index is 0.211. The third-order valence-corrected chi connectivity index (χ3v) is 5.10. The lowest BCUT2D eigenvalue weighted by Crippen LogP contribution is -2.13. The molecule has 4 heteroatoms. The molecule has 3 aromatic carbocycles. The number of thiazole rings is 1. The van der Waals surface area contributed by atoms with E-state index in [4.69, 9.17) is 0 Å². The standard InChI is InChI=1S/C19H14N2OS/c1-21-16-12-11-13-7-5-6-10-15(13)17(16)23-19(21)20-18(22)14-8-3-2-4-9-14/h2-12H,1H3. The minimum atomic E-state index is -0.211. The van der Waals surface area contributed by atoms with Gasteiger partial charge in [0.2, 0.25) is 0 Å². The van der Waals surface area contributed by atoms with Gasteiger partial charge in [-0.2, -0.15) is 4.99 Å². The molecule has 0 unspecified atom stereocenters. The Morgan fingerprint density at radius 2 is 1.70 bits per heavy atom. The Morgan fingerprint density at radius 1 is 0.957 bits per heavy atom. The van der Waals surface area contributed by atoms with Crippen molar-refractivity contribution in [2.24, 2.45) is 12.0 Å². The van der Waals surface area contributed by atoms with Crippen molar-refractivity contribution in [1.82, 2.24) is 4.57 Å². The summed E-state index contributed by atoms with van der Waals surface area (Å²) < 4.78 is 3.14. The van der Waals surface area contributed by atoms with Crippen LogP contribution in [0.1, 0.15) is 10.4 Å². The maximum Gasteiger partial charge on any atom is 0.279 e. The number of nitrogens with zero attached hydrogens (tertiary/aromatic N) is 2. The van der Waals surface area contributed by atoms with E-state index in [-0.39, 0.29) is 5.91 Å². The van der Waals surface area contributed by atoms with Crippen LogP contribution in [-0.2, 0) is 7.05 Å². The molecule has 0 N–H and O–H groups in total. The lowest BCUT2D eigenvalue weighted by molar-refractivity contribution is 0.0998. The summed E-state index contributed by atoms with van der Waals surface area (Å²) in [7, 11) is 1.95. The molecule has 4 aromatic rings. The second-order valence-electron chi connectivity index (χ2n) is 5.36. The number of carbonyl (C=O) groups is 1. The van der Waals surface area contributed by atoms with Gasteiger partial charge in [0.15, 0.2) is 4.80 Å². The molecule has 1 aromatic heterocycles. The van der Waals surface area contributed by atoms with E-state index in [9.17, 15) is 4.79 Å². The zero-order chi connectivity index (χ0) is 15.8. The summed E-state index contributed by atoms with van der Waals surface area (Å²) in [6, 6.07) is 21.6. The smallest absolute Gasteiger partial charge is 0.279 e. The predicted molar refractivity (Wildman–Crippen MR) is 94.6 cm³/mol. The van der Waals surface area contributed by atoms with E-state index in [1.165, 1.54) is 10.8 Å². The Bertz CT molecular complexity index is 1090. The molecule has 4 rings (SSSR count). The van der Waals surface area contributed by atoms with E-state index in [0.29, 0.717) is 10.4 Å². The van der Waals surface area contributed by atoms with Gasteiger partial charge in [-0.1, -0.05) is 59.9 Å². The summed E-state index contributed by atoms with van der Waals surface area (Å²) >= 11 is 1.55. The molecule has 23 heavy (non-hydrogen) atoms. The number of rotatable bonds is 1. The fraction of sp³-hybridized carbons (Fsp3) is 0.0526. The second-order valence-corrected chi connectivity index (χ2v) is 6.34. The van der Waals surface area contributed by atoms with Gasteiger partial charge >= 0.3 is 0 Å². The SMILES string of the molecule is Cn1c(=NC(=O)c2ccccc2)sc2c3ccccc3ccc21. The maximum absolute atomic E-state index is 12.3. The van der Waals surface area contributed by atoms with E-state index in [1.807, 2.05) is 41.9 Å². The molecule has 0 saturated heterocycles. The predicted octanol–water partition coefficient (Wildman–Crippen LogP) is 4.13. The van der Waals surface area contributed by atoms with Gasteiger partial charge in [0.05, 0.1) is 10.2 Å². The van der Waals surface area contributed by atoms with Crippen molar-refractivity contribution in [3.63, 3.8) is 0 Å². The van der Waals surface area contributed by atoms with E-state index in [0.717, 1.165) is 10.2 Å². The summed E-state index contributed by atoms with van der Waals surface area (Å²) in [5.74, 6) is -0.211. The molecule has 0 aliphatic heterocycles. The number of hydrogen-bond acceptors (Lipinski definition) is 2. The third-order valence-electron chi connectivity index (χ3n) is 3.92. The number of aryl methyl sites for hydroxylation is 1. The lowest BCUT2D eigenvalue weighted by atomic mass is 10.1. The van der Waals surface area contributed by atoms with E-state index in [2.05, 4.69) is 29.3 Å². The van der Waals surface area contributed by atoms with Gasteiger partial charge in [0.1, 0.15) is 0 Å². The first-order chi connectivity index (χ1) is 11.2. The van der Waals surface area contributed by atoms with Crippen molar-refractivity contribution in [1.29, 1.82) is 0 Å². The highest BCUT2D eigenvalue weighted by Crippen LogP contribution is 2.27. The fourth-order valence-corrected chi connectivity index (χ4v) is 3.85. The monoisotopic (exact) mass is 318 g/mol. The number of aromatic nitrogens is 1. The van der Waals surface area contributed by atoms with E-state index < -0.39 is 0 Å². The van der Waals surface area contributed by atoms with Gasteiger partial charge in [-0.05, 0) is 23.6 Å². The quantitative estimate of drug-likeness (QED) is 0.519. The van der Waals surface area contributed by atoms with Crippen molar-refractivity contribution in [3.8, 4) is 0 Å². The van der Waals surface area contributed by atoms with Gasteiger partial charge in [0, 0.05) is 18.0 Å². The van der Waals surface area contributed by atoms with Crippen LogP contribution in [0.4, 0.5) is 0 Å². The van der Waals surface area contributed by atoms with Crippen LogP contribution in [0.3, 0.4) is 0 Å². The zero-order valence-electron chi connectivity index (χ0n) is 12.6. The van der Waals surface area contributed by atoms with Gasteiger partial charge < -0.3 is 4.57 Å².